The summed E-state index contributed by atoms with van der Waals surface area (Å²) in [6, 6.07) is 3.79. The number of aromatic nitrogens is 3. The second kappa shape index (κ2) is 4.63. The highest BCUT2D eigenvalue weighted by Crippen LogP contribution is 2.22. The Balaban J connectivity index is 2.02. The highest BCUT2D eigenvalue weighted by molar-refractivity contribution is 9.10. The second-order valence-electron chi connectivity index (χ2n) is 2.93. The lowest BCUT2D eigenvalue weighted by molar-refractivity contribution is 0.980. The van der Waals surface area contributed by atoms with Crippen LogP contribution < -0.4 is 5.32 Å². The molecule has 0 amide bonds. The Labute approximate surface area is 100 Å². The summed E-state index contributed by atoms with van der Waals surface area (Å²) >= 11 is 9.09. The van der Waals surface area contributed by atoms with Gasteiger partial charge in [-0.25, -0.2) is 4.98 Å². The van der Waals surface area contributed by atoms with Crippen molar-refractivity contribution < 1.29 is 0 Å². The standard InChI is InChI=1S/C9H8BrClN4/c10-8-3-7(5-13-9(8)11)12-4-6-1-2-14-15-6/h1-3,5,12H,4H2,(H,14,15). The minimum absolute atomic E-state index is 0.460. The number of nitrogens with zero attached hydrogens (tertiary/aromatic N) is 2. The third-order valence-electron chi connectivity index (χ3n) is 1.84. The summed E-state index contributed by atoms with van der Waals surface area (Å²) in [6.07, 6.45) is 3.40. The van der Waals surface area contributed by atoms with Gasteiger partial charge in [0.15, 0.2) is 0 Å². The molecule has 2 rings (SSSR count). The van der Waals surface area contributed by atoms with Crippen LogP contribution in [0.4, 0.5) is 5.69 Å². The molecule has 15 heavy (non-hydrogen) atoms. The van der Waals surface area contributed by atoms with E-state index in [0.717, 1.165) is 15.9 Å². The molecular formula is C9H8BrClN4. The van der Waals surface area contributed by atoms with Gasteiger partial charge in [-0.05, 0) is 28.1 Å². The SMILES string of the molecule is Clc1ncc(NCc2ccn[nH]2)cc1Br. The van der Waals surface area contributed by atoms with Gasteiger partial charge in [-0.3, -0.25) is 5.10 Å². The Kier molecular flexibility index (Phi) is 3.23. The van der Waals surface area contributed by atoms with Crippen LogP contribution in [0.3, 0.4) is 0 Å². The number of halogens is 2. The van der Waals surface area contributed by atoms with Gasteiger partial charge in [-0.2, -0.15) is 5.10 Å². The number of rotatable bonds is 3. The first-order valence-corrected chi connectivity index (χ1v) is 5.46. The molecule has 0 saturated carbocycles. The van der Waals surface area contributed by atoms with Gasteiger partial charge in [0.05, 0.1) is 28.6 Å². The molecule has 0 bridgehead atoms. The molecule has 78 valence electrons. The first-order chi connectivity index (χ1) is 7.25. The second-order valence-corrected chi connectivity index (χ2v) is 4.14. The smallest absolute Gasteiger partial charge is 0.143 e. The maximum absolute atomic E-state index is 5.78. The van der Waals surface area contributed by atoms with Crippen LogP contribution in [0, 0.1) is 0 Å². The van der Waals surface area contributed by atoms with Crippen molar-refractivity contribution in [1.82, 2.24) is 15.2 Å². The normalized spacial score (nSPS) is 10.3. The van der Waals surface area contributed by atoms with Crippen LogP contribution in [0.2, 0.25) is 5.15 Å². The summed E-state index contributed by atoms with van der Waals surface area (Å²) in [5.74, 6) is 0. The zero-order chi connectivity index (χ0) is 10.7. The molecule has 0 aliphatic carbocycles. The van der Waals surface area contributed by atoms with E-state index in [0.29, 0.717) is 11.7 Å². The zero-order valence-electron chi connectivity index (χ0n) is 7.67. The molecule has 2 aromatic rings. The first kappa shape index (κ1) is 10.4. The molecule has 0 saturated heterocycles. The van der Waals surface area contributed by atoms with Crippen LogP contribution in [0.1, 0.15) is 5.69 Å². The van der Waals surface area contributed by atoms with E-state index < -0.39 is 0 Å². The van der Waals surface area contributed by atoms with E-state index >= 15 is 0 Å². The maximum Gasteiger partial charge on any atom is 0.143 e. The molecule has 0 atom stereocenters. The molecule has 0 unspecified atom stereocenters. The molecule has 0 radical (unpaired) electrons. The Morgan fingerprint density at radius 3 is 3.07 bits per heavy atom. The van der Waals surface area contributed by atoms with E-state index in [-0.39, 0.29) is 0 Å². The van der Waals surface area contributed by atoms with Crippen LogP contribution in [-0.4, -0.2) is 15.2 Å². The van der Waals surface area contributed by atoms with Gasteiger partial charge in [-0.15, -0.1) is 0 Å². The lowest BCUT2D eigenvalue weighted by Crippen LogP contribution is -2.00. The van der Waals surface area contributed by atoms with Crippen molar-refractivity contribution in [2.45, 2.75) is 6.54 Å². The zero-order valence-corrected chi connectivity index (χ0v) is 10.0. The lowest BCUT2D eigenvalue weighted by Gasteiger charge is -2.05. The molecular weight excluding hydrogens is 279 g/mol. The number of pyridine rings is 1. The maximum atomic E-state index is 5.78. The fraction of sp³-hybridized carbons (Fsp3) is 0.111. The predicted molar refractivity (Wildman–Crippen MR) is 62.9 cm³/mol. The van der Waals surface area contributed by atoms with Gasteiger partial charge in [0.2, 0.25) is 0 Å². The van der Waals surface area contributed by atoms with Crippen molar-refractivity contribution in [3.63, 3.8) is 0 Å². The van der Waals surface area contributed by atoms with Crippen molar-refractivity contribution in [1.29, 1.82) is 0 Å². The Hall–Kier alpha value is -1.07. The molecule has 2 heterocycles. The van der Waals surface area contributed by atoms with Gasteiger partial charge in [0, 0.05) is 6.20 Å². The van der Waals surface area contributed by atoms with Crippen LogP contribution in [0.5, 0.6) is 0 Å². The third-order valence-corrected chi connectivity index (χ3v) is 2.97. The highest BCUT2D eigenvalue weighted by Gasteiger charge is 2.00. The summed E-state index contributed by atoms with van der Waals surface area (Å²) in [5.41, 5.74) is 1.92. The van der Waals surface area contributed by atoms with Gasteiger partial charge >= 0.3 is 0 Å². The van der Waals surface area contributed by atoms with Gasteiger partial charge in [0.1, 0.15) is 5.15 Å². The number of anilines is 1. The van der Waals surface area contributed by atoms with Gasteiger partial charge in [0.25, 0.3) is 0 Å². The van der Waals surface area contributed by atoms with Crippen LogP contribution in [0.15, 0.2) is 29.0 Å². The lowest BCUT2D eigenvalue weighted by atomic mass is 10.4. The largest absolute Gasteiger partial charge is 0.378 e. The number of aromatic amines is 1. The molecule has 0 aliphatic rings. The van der Waals surface area contributed by atoms with E-state index in [2.05, 4.69) is 36.4 Å². The molecule has 0 aliphatic heterocycles. The molecule has 0 fully saturated rings. The first-order valence-electron chi connectivity index (χ1n) is 4.29. The Bertz CT molecular complexity index is 443. The van der Waals surface area contributed by atoms with Crippen molar-refractivity contribution in [2.24, 2.45) is 0 Å². The molecule has 0 aromatic carbocycles. The quantitative estimate of drug-likeness (QED) is 0.854. The Morgan fingerprint density at radius 1 is 1.53 bits per heavy atom. The van der Waals surface area contributed by atoms with Crippen molar-refractivity contribution in [3.8, 4) is 0 Å². The summed E-state index contributed by atoms with van der Waals surface area (Å²) in [4.78, 5) is 4.01. The molecule has 0 spiro atoms. The number of nitrogens with one attached hydrogen (secondary N) is 2. The van der Waals surface area contributed by atoms with E-state index in [9.17, 15) is 0 Å². The number of hydrogen-bond donors (Lipinski definition) is 2. The van der Waals surface area contributed by atoms with Crippen molar-refractivity contribution in [3.05, 3.63) is 39.8 Å². The number of hydrogen-bond acceptors (Lipinski definition) is 3. The summed E-state index contributed by atoms with van der Waals surface area (Å²) < 4.78 is 0.777. The van der Waals surface area contributed by atoms with Crippen LogP contribution in [-0.2, 0) is 6.54 Å². The van der Waals surface area contributed by atoms with Crippen LogP contribution >= 0.6 is 27.5 Å². The minimum atomic E-state index is 0.460. The number of H-pyrrole nitrogens is 1. The Morgan fingerprint density at radius 2 is 2.40 bits per heavy atom. The predicted octanol–water partition coefficient (Wildman–Crippen LogP) is 2.83. The topological polar surface area (TPSA) is 53.6 Å². The summed E-state index contributed by atoms with van der Waals surface area (Å²) in [6.45, 7) is 0.676. The third kappa shape index (κ3) is 2.70. The fourth-order valence-electron chi connectivity index (χ4n) is 1.10. The van der Waals surface area contributed by atoms with Crippen molar-refractivity contribution >= 4 is 33.2 Å². The van der Waals surface area contributed by atoms with Gasteiger partial charge < -0.3 is 5.32 Å². The van der Waals surface area contributed by atoms with E-state index in [1.165, 1.54) is 0 Å². The molecule has 6 heteroatoms. The summed E-state index contributed by atoms with van der Waals surface area (Å²) in [7, 11) is 0. The summed E-state index contributed by atoms with van der Waals surface area (Å²) in [5, 5.41) is 10.4. The van der Waals surface area contributed by atoms with Crippen LogP contribution in [0.25, 0.3) is 0 Å². The van der Waals surface area contributed by atoms with E-state index in [4.69, 9.17) is 11.6 Å². The molecule has 2 aromatic heterocycles. The minimum Gasteiger partial charge on any atom is -0.378 e. The molecule has 4 nitrogen and oxygen atoms in total. The molecule has 2 N–H and O–H groups in total. The average Bonchev–Trinajstić information content (AvgIpc) is 2.73. The van der Waals surface area contributed by atoms with E-state index in [1.54, 1.807) is 12.4 Å². The monoisotopic (exact) mass is 286 g/mol. The fourth-order valence-corrected chi connectivity index (χ4v) is 1.55. The van der Waals surface area contributed by atoms with Crippen molar-refractivity contribution in [2.75, 3.05) is 5.32 Å². The van der Waals surface area contributed by atoms with E-state index in [1.807, 2.05) is 12.1 Å². The average molecular weight is 288 g/mol. The highest BCUT2D eigenvalue weighted by atomic mass is 79.9. The van der Waals surface area contributed by atoms with Gasteiger partial charge in [-0.1, -0.05) is 11.6 Å².